The minimum atomic E-state index is 0.332. The van der Waals surface area contributed by atoms with E-state index in [4.69, 9.17) is 4.74 Å². The molecule has 0 amide bonds. The third kappa shape index (κ3) is 5.71. The summed E-state index contributed by atoms with van der Waals surface area (Å²) in [5.41, 5.74) is 0.332. The molecule has 3 unspecified atom stereocenters. The van der Waals surface area contributed by atoms with Gasteiger partial charge in [-0.1, -0.05) is 34.6 Å². The van der Waals surface area contributed by atoms with E-state index in [1.54, 1.807) is 0 Å². The summed E-state index contributed by atoms with van der Waals surface area (Å²) in [6, 6.07) is 0.600. The van der Waals surface area contributed by atoms with Crippen molar-refractivity contribution in [2.24, 2.45) is 11.3 Å². The topological polar surface area (TPSA) is 24.5 Å². The van der Waals surface area contributed by atoms with Gasteiger partial charge < -0.3 is 15.0 Å². The number of likely N-dealkylation sites (tertiary alicyclic amines) is 1. The maximum Gasteiger partial charge on any atom is 0.0724 e. The molecular weight excluding hydrogens is 248 g/mol. The van der Waals surface area contributed by atoms with Gasteiger partial charge in [0.25, 0.3) is 0 Å². The molecule has 1 aliphatic rings. The maximum atomic E-state index is 5.62. The van der Waals surface area contributed by atoms with Crippen molar-refractivity contribution in [2.45, 2.75) is 66.0 Å². The summed E-state index contributed by atoms with van der Waals surface area (Å²) in [6.07, 6.45) is 4.12. The van der Waals surface area contributed by atoms with E-state index in [0.29, 0.717) is 23.5 Å². The largest absolute Gasteiger partial charge is 0.380 e. The normalized spacial score (nSPS) is 26.7. The molecule has 0 bridgehead atoms. The highest BCUT2D eigenvalue weighted by molar-refractivity contribution is 4.84. The van der Waals surface area contributed by atoms with Crippen LogP contribution in [-0.2, 0) is 4.74 Å². The number of nitrogens with zero attached hydrogens (tertiary/aromatic N) is 1. The van der Waals surface area contributed by atoms with Crippen LogP contribution in [0.4, 0.5) is 0 Å². The van der Waals surface area contributed by atoms with Crippen LogP contribution in [0.3, 0.4) is 0 Å². The zero-order chi connectivity index (χ0) is 15.2. The molecule has 3 nitrogen and oxygen atoms in total. The Hall–Kier alpha value is -0.120. The minimum Gasteiger partial charge on any atom is -0.380 e. The fourth-order valence-electron chi connectivity index (χ4n) is 3.08. The Morgan fingerprint density at radius 3 is 2.60 bits per heavy atom. The van der Waals surface area contributed by atoms with Gasteiger partial charge in [0.2, 0.25) is 0 Å². The molecule has 1 aliphatic heterocycles. The lowest BCUT2D eigenvalue weighted by Gasteiger charge is -2.38. The summed E-state index contributed by atoms with van der Waals surface area (Å²) in [5.74, 6) is 0.702. The first-order valence-corrected chi connectivity index (χ1v) is 8.37. The van der Waals surface area contributed by atoms with Crippen LogP contribution >= 0.6 is 0 Å². The van der Waals surface area contributed by atoms with Gasteiger partial charge in [-0.3, -0.25) is 0 Å². The van der Waals surface area contributed by atoms with Gasteiger partial charge in [0.05, 0.1) is 6.10 Å². The van der Waals surface area contributed by atoms with Gasteiger partial charge in [0, 0.05) is 19.7 Å². The predicted molar refractivity (Wildman–Crippen MR) is 87.2 cm³/mol. The molecule has 0 aromatic carbocycles. The molecule has 3 heteroatoms. The maximum absolute atomic E-state index is 5.62. The molecular formula is C17H36N2O. The van der Waals surface area contributed by atoms with Crippen LogP contribution in [0.15, 0.2) is 0 Å². The van der Waals surface area contributed by atoms with Gasteiger partial charge in [-0.2, -0.15) is 0 Å². The molecule has 3 atom stereocenters. The highest BCUT2D eigenvalue weighted by Gasteiger charge is 2.28. The van der Waals surface area contributed by atoms with Crippen molar-refractivity contribution in [3.8, 4) is 0 Å². The first-order valence-electron chi connectivity index (χ1n) is 8.37. The van der Waals surface area contributed by atoms with Crippen molar-refractivity contribution in [3.05, 3.63) is 0 Å². The second kappa shape index (κ2) is 8.35. The lowest BCUT2D eigenvalue weighted by atomic mass is 9.84. The lowest BCUT2D eigenvalue weighted by Crippen LogP contribution is -2.47. The summed E-state index contributed by atoms with van der Waals surface area (Å²) >= 11 is 0. The highest BCUT2D eigenvalue weighted by Crippen LogP contribution is 2.24. The number of ether oxygens (including phenoxy) is 1. The van der Waals surface area contributed by atoms with Crippen LogP contribution in [0.2, 0.25) is 0 Å². The van der Waals surface area contributed by atoms with Crippen LogP contribution < -0.4 is 5.32 Å². The number of piperidine rings is 1. The van der Waals surface area contributed by atoms with Gasteiger partial charge in [0.15, 0.2) is 0 Å². The number of rotatable bonds is 7. The van der Waals surface area contributed by atoms with E-state index < -0.39 is 0 Å². The van der Waals surface area contributed by atoms with E-state index in [9.17, 15) is 0 Å². The molecule has 1 rings (SSSR count). The number of nitrogens with one attached hydrogen (secondary N) is 1. The molecule has 0 saturated carbocycles. The van der Waals surface area contributed by atoms with Crippen molar-refractivity contribution in [2.75, 3.05) is 33.3 Å². The summed E-state index contributed by atoms with van der Waals surface area (Å²) < 4.78 is 5.62. The second-order valence-electron chi connectivity index (χ2n) is 7.50. The molecule has 0 aromatic rings. The van der Waals surface area contributed by atoms with Crippen molar-refractivity contribution in [3.63, 3.8) is 0 Å². The smallest absolute Gasteiger partial charge is 0.0724 e. The van der Waals surface area contributed by atoms with Crippen molar-refractivity contribution in [1.29, 1.82) is 0 Å². The van der Waals surface area contributed by atoms with Crippen molar-refractivity contribution < 1.29 is 4.74 Å². The Morgan fingerprint density at radius 1 is 1.35 bits per heavy atom. The first-order chi connectivity index (χ1) is 9.38. The van der Waals surface area contributed by atoms with E-state index in [1.807, 2.05) is 7.11 Å². The average molecular weight is 284 g/mol. The second-order valence-corrected chi connectivity index (χ2v) is 7.50. The third-order valence-electron chi connectivity index (χ3n) is 4.70. The van der Waals surface area contributed by atoms with Crippen LogP contribution in [0.5, 0.6) is 0 Å². The monoisotopic (exact) mass is 284 g/mol. The minimum absolute atomic E-state index is 0.332. The fourth-order valence-corrected chi connectivity index (χ4v) is 3.08. The number of methoxy groups -OCH3 is 1. The third-order valence-corrected chi connectivity index (χ3v) is 4.70. The molecule has 1 N–H and O–H groups in total. The Labute approximate surface area is 126 Å². The van der Waals surface area contributed by atoms with E-state index in [2.05, 4.69) is 44.8 Å². The van der Waals surface area contributed by atoms with Gasteiger partial charge in [-0.05, 0) is 50.2 Å². The Morgan fingerprint density at radius 2 is 2.05 bits per heavy atom. The van der Waals surface area contributed by atoms with Crippen LogP contribution in [0.25, 0.3) is 0 Å². The molecule has 0 aliphatic carbocycles. The molecule has 1 fully saturated rings. The molecule has 1 heterocycles. The summed E-state index contributed by atoms with van der Waals surface area (Å²) in [6.45, 7) is 16.2. The zero-order valence-electron chi connectivity index (χ0n) is 14.5. The van der Waals surface area contributed by atoms with Gasteiger partial charge >= 0.3 is 0 Å². The Kier molecular flexibility index (Phi) is 7.49. The number of hydrogen-bond donors (Lipinski definition) is 1. The van der Waals surface area contributed by atoms with Crippen LogP contribution in [0, 0.1) is 11.3 Å². The van der Waals surface area contributed by atoms with E-state index in [-0.39, 0.29) is 0 Å². The first kappa shape index (κ1) is 17.9. The molecule has 20 heavy (non-hydrogen) atoms. The molecule has 0 spiro atoms. The van der Waals surface area contributed by atoms with Crippen molar-refractivity contribution in [1.82, 2.24) is 10.2 Å². The average Bonchev–Trinajstić information content (AvgIpc) is 2.39. The lowest BCUT2D eigenvalue weighted by molar-refractivity contribution is -0.00680. The van der Waals surface area contributed by atoms with Gasteiger partial charge in [0.1, 0.15) is 0 Å². The summed E-state index contributed by atoms with van der Waals surface area (Å²) in [5, 5.41) is 3.73. The molecule has 120 valence electrons. The van der Waals surface area contributed by atoms with E-state index in [0.717, 1.165) is 13.1 Å². The SMILES string of the molecule is CCCNC(CCN1CCC(C)C(OC)C1)C(C)(C)C. The van der Waals surface area contributed by atoms with Gasteiger partial charge in [-0.25, -0.2) is 0 Å². The van der Waals surface area contributed by atoms with Crippen LogP contribution in [-0.4, -0.2) is 50.3 Å². The predicted octanol–water partition coefficient (Wildman–Crippen LogP) is 3.15. The standard InChI is InChI=1S/C17H36N2O/c1-7-10-18-16(17(3,4)5)9-12-19-11-8-14(2)15(13-19)20-6/h14-16,18H,7-13H2,1-6H3. The van der Waals surface area contributed by atoms with E-state index in [1.165, 1.54) is 32.4 Å². The van der Waals surface area contributed by atoms with Crippen molar-refractivity contribution >= 4 is 0 Å². The number of hydrogen-bond acceptors (Lipinski definition) is 3. The summed E-state index contributed by atoms with van der Waals surface area (Å²) in [4.78, 5) is 2.58. The molecule has 0 radical (unpaired) electrons. The molecule has 0 aromatic heterocycles. The summed E-state index contributed by atoms with van der Waals surface area (Å²) in [7, 11) is 1.85. The Balaban J connectivity index is 2.42. The Bertz CT molecular complexity index is 262. The molecule has 1 saturated heterocycles. The van der Waals surface area contributed by atoms with Gasteiger partial charge in [-0.15, -0.1) is 0 Å². The van der Waals surface area contributed by atoms with E-state index >= 15 is 0 Å². The highest BCUT2D eigenvalue weighted by atomic mass is 16.5. The quantitative estimate of drug-likeness (QED) is 0.777. The van der Waals surface area contributed by atoms with Crippen LogP contribution in [0.1, 0.15) is 53.9 Å². The zero-order valence-corrected chi connectivity index (χ0v) is 14.5. The fraction of sp³-hybridized carbons (Fsp3) is 1.00.